The number of rotatable bonds is 4. The summed E-state index contributed by atoms with van der Waals surface area (Å²) in [5, 5.41) is 17.4. The Balaban J connectivity index is 1.89. The number of carbonyl (C=O) groups is 1. The minimum Gasteiger partial charge on any atom is -0.465 e. The van der Waals surface area contributed by atoms with Gasteiger partial charge in [0, 0.05) is 11.8 Å². The second-order valence-corrected chi connectivity index (χ2v) is 5.77. The molecule has 0 radical (unpaired) electrons. The second kappa shape index (κ2) is 6.45. The number of anilines is 1. The SMILES string of the molecule is O=C(O)Nc1cccc(Cn2nc(-c3cccs3)ccc2=O)c1. The zero-order valence-corrected chi connectivity index (χ0v) is 12.8. The van der Waals surface area contributed by atoms with E-state index in [1.165, 1.54) is 10.7 Å². The van der Waals surface area contributed by atoms with Crippen molar-refractivity contribution < 1.29 is 9.90 Å². The normalized spacial score (nSPS) is 10.4. The zero-order valence-electron chi connectivity index (χ0n) is 12.0. The van der Waals surface area contributed by atoms with E-state index in [0.29, 0.717) is 5.69 Å². The van der Waals surface area contributed by atoms with Gasteiger partial charge in [0.2, 0.25) is 0 Å². The molecule has 6 nitrogen and oxygen atoms in total. The molecule has 2 N–H and O–H groups in total. The van der Waals surface area contributed by atoms with Crippen LogP contribution in [0.4, 0.5) is 10.5 Å². The molecule has 0 atom stereocenters. The van der Waals surface area contributed by atoms with Crippen LogP contribution in [0.5, 0.6) is 0 Å². The number of nitrogens with one attached hydrogen (secondary N) is 1. The summed E-state index contributed by atoms with van der Waals surface area (Å²) in [7, 11) is 0. The zero-order chi connectivity index (χ0) is 16.2. The van der Waals surface area contributed by atoms with Gasteiger partial charge in [-0.1, -0.05) is 18.2 Å². The van der Waals surface area contributed by atoms with E-state index < -0.39 is 6.09 Å². The Morgan fingerprint density at radius 3 is 2.83 bits per heavy atom. The van der Waals surface area contributed by atoms with E-state index in [9.17, 15) is 9.59 Å². The quantitative estimate of drug-likeness (QED) is 0.771. The third kappa shape index (κ3) is 3.64. The predicted molar refractivity (Wildman–Crippen MR) is 89.0 cm³/mol. The summed E-state index contributed by atoms with van der Waals surface area (Å²) in [4.78, 5) is 23.7. The highest BCUT2D eigenvalue weighted by atomic mass is 32.1. The summed E-state index contributed by atoms with van der Waals surface area (Å²) in [6.07, 6.45) is -1.13. The van der Waals surface area contributed by atoms with E-state index in [-0.39, 0.29) is 12.1 Å². The van der Waals surface area contributed by atoms with Crippen molar-refractivity contribution in [3.63, 3.8) is 0 Å². The van der Waals surface area contributed by atoms with Crippen LogP contribution in [0.3, 0.4) is 0 Å². The molecule has 2 heterocycles. The monoisotopic (exact) mass is 327 g/mol. The summed E-state index contributed by atoms with van der Waals surface area (Å²) in [6.45, 7) is 0.271. The molecule has 0 bridgehead atoms. The second-order valence-electron chi connectivity index (χ2n) is 4.82. The van der Waals surface area contributed by atoms with Crippen molar-refractivity contribution in [2.75, 3.05) is 5.32 Å². The molecule has 3 rings (SSSR count). The van der Waals surface area contributed by atoms with Gasteiger partial charge in [-0.2, -0.15) is 5.10 Å². The van der Waals surface area contributed by atoms with Gasteiger partial charge in [0.25, 0.3) is 5.56 Å². The highest BCUT2D eigenvalue weighted by molar-refractivity contribution is 7.13. The fourth-order valence-electron chi connectivity index (χ4n) is 2.16. The van der Waals surface area contributed by atoms with Crippen molar-refractivity contribution in [1.29, 1.82) is 0 Å². The summed E-state index contributed by atoms with van der Waals surface area (Å²) in [5.41, 5.74) is 1.77. The van der Waals surface area contributed by atoms with Crippen LogP contribution in [0, 0.1) is 0 Å². The lowest BCUT2D eigenvalue weighted by Crippen LogP contribution is -2.22. The van der Waals surface area contributed by atoms with Gasteiger partial charge in [-0.05, 0) is 35.2 Å². The van der Waals surface area contributed by atoms with E-state index >= 15 is 0 Å². The van der Waals surface area contributed by atoms with Gasteiger partial charge in [0.05, 0.1) is 11.4 Å². The third-order valence-electron chi connectivity index (χ3n) is 3.15. The number of aromatic nitrogens is 2. The number of hydrogen-bond donors (Lipinski definition) is 2. The van der Waals surface area contributed by atoms with Crippen LogP contribution in [0.2, 0.25) is 0 Å². The van der Waals surface area contributed by atoms with Gasteiger partial charge in [0.15, 0.2) is 0 Å². The lowest BCUT2D eigenvalue weighted by atomic mass is 10.2. The first-order valence-electron chi connectivity index (χ1n) is 6.83. The van der Waals surface area contributed by atoms with Gasteiger partial charge < -0.3 is 5.11 Å². The number of hydrogen-bond acceptors (Lipinski definition) is 4. The Bertz CT molecular complexity index is 888. The summed E-state index contributed by atoms with van der Waals surface area (Å²) < 4.78 is 1.37. The first-order chi connectivity index (χ1) is 11.1. The summed E-state index contributed by atoms with van der Waals surface area (Å²) >= 11 is 1.55. The Morgan fingerprint density at radius 1 is 1.22 bits per heavy atom. The lowest BCUT2D eigenvalue weighted by Gasteiger charge is -2.08. The van der Waals surface area contributed by atoms with Crippen molar-refractivity contribution in [3.05, 3.63) is 69.8 Å². The molecular formula is C16H13N3O3S. The van der Waals surface area contributed by atoms with Crippen LogP contribution < -0.4 is 10.9 Å². The standard InChI is InChI=1S/C16H13N3O3S/c20-15-7-6-13(14-5-2-8-23-14)18-19(15)10-11-3-1-4-12(9-11)17-16(21)22/h1-9,17H,10H2,(H,21,22). The van der Waals surface area contributed by atoms with Crippen molar-refractivity contribution in [3.8, 4) is 10.6 Å². The summed E-state index contributed by atoms with van der Waals surface area (Å²) in [5.74, 6) is 0. The van der Waals surface area contributed by atoms with Crippen molar-refractivity contribution in [1.82, 2.24) is 9.78 Å². The maximum atomic E-state index is 12.0. The van der Waals surface area contributed by atoms with E-state index in [1.807, 2.05) is 23.6 Å². The average molecular weight is 327 g/mol. The fraction of sp³-hybridized carbons (Fsp3) is 0.0625. The van der Waals surface area contributed by atoms with Crippen LogP contribution in [-0.4, -0.2) is 21.0 Å². The number of amides is 1. The van der Waals surface area contributed by atoms with Crippen LogP contribution >= 0.6 is 11.3 Å². The van der Waals surface area contributed by atoms with Crippen molar-refractivity contribution in [2.24, 2.45) is 0 Å². The Kier molecular flexibility index (Phi) is 4.20. The minimum atomic E-state index is -1.13. The molecule has 0 unspecified atom stereocenters. The van der Waals surface area contributed by atoms with Gasteiger partial charge >= 0.3 is 6.09 Å². The molecule has 23 heavy (non-hydrogen) atoms. The molecule has 2 aromatic heterocycles. The largest absolute Gasteiger partial charge is 0.465 e. The highest BCUT2D eigenvalue weighted by Gasteiger charge is 2.06. The number of carboxylic acid groups (broad SMARTS) is 1. The summed E-state index contributed by atoms with van der Waals surface area (Å²) in [6, 6.07) is 13.9. The van der Waals surface area contributed by atoms with E-state index in [0.717, 1.165) is 16.1 Å². The maximum absolute atomic E-state index is 12.0. The van der Waals surface area contributed by atoms with Crippen molar-refractivity contribution in [2.45, 2.75) is 6.54 Å². The highest BCUT2D eigenvalue weighted by Crippen LogP contribution is 2.21. The third-order valence-corrected chi connectivity index (χ3v) is 4.04. The molecule has 0 aliphatic rings. The Hall–Kier alpha value is -2.93. The first kappa shape index (κ1) is 15.0. The number of nitrogens with zero attached hydrogens (tertiary/aromatic N) is 2. The number of benzene rings is 1. The van der Waals surface area contributed by atoms with Gasteiger partial charge in [-0.3, -0.25) is 10.1 Å². The molecule has 0 aliphatic heterocycles. The molecule has 0 aliphatic carbocycles. The topological polar surface area (TPSA) is 84.2 Å². The molecule has 116 valence electrons. The first-order valence-corrected chi connectivity index (χ1v) is 7.71. The molecule has 0 fully saturated rings. The predicted octanol–water partition coefficient (Wildman–Crippen LogP) is 3.11. The molecule has 7 heteroatoms. The van der Waals surface area contributed by atoms with Crippen LogP contribution in [0.15, 0.2) is 58.7 Å². The van der Waals surface area contributed by atoms with E-state index in [2.05, 4.69) is 10.4 Å². The molecule has 1 amide bonds. The minimum absolute atomic E-state index is 0.207. The fourth-order valence-corrected chi connectivity index (χ4v) is 2.85. The Morgan fingerprint density at radius 2 is 2.09 bits per heavy atom. The van der Waals surface area contributed by atoms with Crippen LogP contribution in [0.1, 0.15) is 5.56 Å². The molecular weight excluding hydrogens is 314 g/mol. The smallest absolute Gasteiger partial charge is 0.409 e. The molecule has 0 spiro atoms. The van der Waals surface area contributed by atoms with Crippen molar-refractivity contribution >= 4 is 23.1 Å². The van der Waals surface area contributed by atoms with Gasteiger partial charge in [-0.25, -0.2) is 9.48 Å². The maximum Gasteiger partial charge on any atom is 0.409 e. The van der Waals surface area contributed by atoms with Crippen LogP contribution in [-0.2, 0) is 6.54 Å². The van der Waals surface area contributed by atoms with Gasteiger partial charge in [-0.15, -0.1) is 11.3 Å². The molecule has 1 aromatic carbocycles. The molecule has 3 aromatic rings. The van der Waals surface area contributed by atoms with E-state index in [4.69, 9.17) is 5.11 Å². The number of thiophene rings is 1. The Labute approximate surface area is 135 Å². The van der Waals surface area contributed by atoms with Crippen LogP contribution in [0.25, 0.3) is 10.6 Å². The molecule has 0 saturated carbocycles. The van der Waals surface area contributed by atoms with Gasteiger partial charge in [0.1, 0.15) is 5.69 Å². The average Bonchev–Trinajstić information content (AvgIpc) is 3.03. The van der Waals surface area contributed by atoms with E-state index in [1.54, 1.807) is 35.6 Å². The lowest BCUT2D eigenvalue weighted by molar-refractivity contribution is 0.210. The molecule has 0 saturated heterocycles.